The van der Waals surface area contributed by atoms with E-state index in [1.54, 1.807) is 38.5 Å². The van der Waals surface area contributed by atoms with Crippen LogP contribution in [0.5, 0.6) is 11.5 Å². The number of ether oxygens (including phenoxy) is 2. The van der Waals surface area contributed by atoms with E-state index in [0.29, 0.717) is 23.6 Å². The second-order valence-electron chi connectivity index (χ2n) is 4.96. The molecule has 0 radical (unpaired) electrons. The zero-order chi connectivity index (χ0) is 16.7. The molecule has 2 aromatic rings. The van der Waals surface area contributed by atoms with Gasteiger partial charge in [-0.3, -0.25) is 4.79 Å². The molecule has 0 aliphatic carbocycles. The molecule has 5 nitrogen and oxygen atoms in total. The number of amides is 1. The van der Waals surface area contributed by atoms with Crippen LogP contribution in [0.15, 0.2) is 48.5 Å². The molecule has 2 rings (SSSR count). The first-order valence-corrected chi connectivity index (χ1v) is 7.13. The molecule has 0 aliphatic heterocycles. The summed E-state index contributed by atoms with van der Waals surface area (Å²) in [7, 11) is 3.16. The molecular formula is C18H18N2O3. The van der Waals surface area contributed by atoms with E-state index in [-0.39, 0.29) is 5.91 Å². The first kappa shape index (κ1) is 16.4. The molecule has 23 heavy (non-hydrogen) atoms. The fraction of sp³-hybridized carbons (Fsp3) is 0.222. The van der Waals surface area contributed by atoms with Crippen LogP contribution in [0.4, 0.5) is 5.69 Å². The minimum absolute atomic E-state index is 0.329. The smallest absolute Gasteiger partial charge is 0.242 e. The van der Waals surface area contributed by atoms with Crippen molar-refractivity contribution >= 4 is 11.6 Å². The van der Waals surface area contributed by atoms with Gasteiger partial charge >= 0.3 is 0 Å². The van der Waals surface area contributed by atoms with Gasteiger partial charge in [-0.05, 0) is 48.4 Å². The van der Waals surface area contributed by atoms with Crippen molar-refractivity contribution in [3.05, 3.63) is 54.1 Å². The highest BCUT2D eigenvalue weighted by molar-refractivity contribution is 5.94. The molecule has 5 heteroatoms. The van der Waals surface area contributed by atoms with Crippen molar-refractivity contribution in [1.29, 1.82) is 5.26 Å². The molecule has 1 atom stereocenters. The van der Waals surface area contributed by atoms with Gasteiger partial charge in [0, 0.05) is 5.69 Å². The minimum atomic E-state index is -0.774. The van der Waals surface area contributed by atoms with Crippen LogP contribution >= 0.6 is 0 Å². The minimum Gasteiger partial charge on any atom is -0.497 e. The van der Waals surface area contributed by atoms with Crippen molar-refractivity contribution in [3.63, 3.8) is 0 Å². The van der Waals surface area contributed by atoms with Crippen molar-refractivity contribution in [1.82, 2.24) is 0 Å². The highest BCUT2D eigenvalue weighted by Gasteiger charge is 2.19. The van der Waals surface area contributed by atoms with Gasteiger partial charge < -0.3 is 14.8 Å². The summed E-state index contributed by atoms with van der Waals surface area (Å²) < 4.78 is 10.2. The number of hydrogen-bond donors (Lipinski definition) is 1. The molecule has 0 spiro atoms. The largest absolute Gasteiger partial charge is 0.497 e. The van der Waals surface area contributed by atoms with Crippen molar-refractivity contribution in [3.8, 4) is 17.6 Å². The zero-order valence-electron chi connectivity index (χ0n) is 13.1. The summed E-state index contributed by atoms with van der Waals surface area (Å²) in [5.74, 6) is 0.302. The monoisotopic (exact) mass is 310 g/mol. The van der Waals surface area contributed by atoms with E-state index in [4.69, 9.17) is 9.47 Å². The van der Waals surface area contributed by atoms with Gasteiger partial charge in [0.1, 0.15) is 17.4 Å². The standard InChI is InChI=1S/C18H18N2O3/c1-22-16-8-6-15(7-9-16)20-18(21)14(12-19)10-13-4-3-5-17(11-13)23-2/h3-9,11,14H,10H2,1-2H3,(H,20,21)/t14-/m1/s1. The maximum Gasteiger partial charge on any atom is 0.242 e. The van der Waals surface area contributed by atoms with Crippen molar-refractivity contribution in [2.24, 2.45) is 5.92 Å². The van der Waals surface area contributed by atoms with E-state index in [2.05, 4.69) is 11.4 Å². The third kappa shape index (κ3) is 4.48. The van der Waals surface area contributed by atoms with Gasteiger partial charge in [-0.15, -0.1) is 0 Å². The van der Waals surface area contributed by atoms with E-state index in [1.807, 2.05) is 24.3 Å². The summed E-state index contributed by atoms with van der Waals surface area (Å²) >= 11 is 0. The predicted molar refractivity (Wildman–Crippen MR) is 87.4 cm³/mol. The van der Waals surface area contributed by atoms with Crippen LogP contribution in [-0.4, -0.2) is 20.1 Å². The number of methoxy groups -OCH3 is 2. The quantitative estimate of drug-likeness (QED) is 0.890. The molecule has 2 aromatic carbocycles. The van der Waals surface area contributed by atoms with Gasteiger partial charge in [0.15, 0.2) is 0 Å². The van der Waals surface area contributed by atoms with E-state index in [0.717, 1.165) is 5.56 Å². The fourth-order valence-corrected chi connectivity index (χ4v) is 2.14. The van der Waals surface area contributed by atoms with Gasteiger partial charge in [0.25, 0.3) is 0 Å². The van der Waals surface area contributed by atoms with Crippen LogP contribution in [-0.2, 0) is 11.2 Å². The SMILES string of the molecule is COc1ccc(NC(=O)[C@@H](C#N)Cc2cccc(OC)c2)cc1. The molecule has 0 unspecified atom stereocenters. The third-order valence-corrected chi connectivity index (χ3v) is 3.40. The lowest BCUT2D eigenvalue weighted by Crippen LogP contribution is -2.23. The van der Waals surface area contributed by atoms with Crippen LogP contribution in [0.3, 0.4) is 0 Å². The number of nitrogens with one attached hydrogen (secondary N) is 1. The highest BCUT2D eigenvalue weighted by atomic mass is 16.5. The number of nitriles is 1. The first-order valence-electron chi connectivity index (χ1n) is 7.13. The fourth-order valence-electron chi connectivity index (χ4n) is 2.14. The molecule has 0 heterocycles. The van der Waals surface area contributed by atoms with E-state index < -0.39 is 5.92 Å². The second-order valence-corrected chi connectivity index (χ2v) is 4.96. The van der Waals surface area contributed by atoms with Crippen LogP contribution in [0.25, 0.3) is 0 Å². The van der Waals surface area contributed by atoms with E-state index in [9.17, 15) is 10.1 Å². The van der Waals surface area contributed by atoms with Crippen molar-refractivity contribution in [2.75, 3.05) is 19.5 Å². The van der Waals surface area contributed by atoms with Gasteiger partial charge in [0.05, 0.1) is 20.3 Å². The molecule has 1 amide bonds. The van der Waals surface area contributed by atoms with Crippen molar-refractivity contribution < 1.29 is 14.3 Å². The van der Waals surface area contributed by atoms with E-state index >= 15 is 0 Å². The van der Waals surface area contributed by atoms with Crippen LogP contribution in [0.2, 0.25) is 0 Å². The summed E-state index contributed by atoms with van der Waals surface area (Å²) in [5.41, 5.74) is 1.50. The third-order valence-electron chi connectivity index (χ3n) is 3.40. The predicted octanol–water partition coefficient (Wildman–Crippen LogP) is 3.02. The van der Waals surface area contributed by atoms with Crippen LogP contribution in [0.1, 0.15) is 5.56 Å². The van der Waals surface area contributed by atoms with E-state index in [1.165, 1.54) is 0 Å². The summed E-state index contributed by atoms with van der Waals surface area (Å²) in [6, 6.07) is 16.4. The molecule has 0 bridgehead atoms. The lowest BCUT2D eigenvalue weighted by atomic mass is 9.99. The average molecular weight is 310 g/mol. The summed E-state index contributed by atoms with van der Waals surface area (Å²) in [6.45, 7) is 0. The Labute approximate surface area is 135 Å². The second kappa shape index (κ2) is 7.85. The Morgan fingerprint density at radius 1 is 1.13 bits per heavy atom. The number of carbonyl (C=O) groups is 1. The molecule has 118 valence electrons. The Morgan fingerprint density at radius 2 is 1.83 bits per heavy atom. The first-order chi connectivity index (χ1) is 11.2. The van der Waals surface area contributed by atoms with Gasteiger partial charge in [-0.1, -0.05) is 12.1 Å². The summed E-state index contributed by atoms with van der Waals surface area (Å²) in [5, 5.41) is 12.0. The lowest BCUT2D eigenvalue weighted by molar-refractivity contribution is -0.118. The van der Waals surface area contributed by atoms with Gasteiger partial charge in [-0.2, -0.15) is 5.26 Å². The van der Waals surface area contributed by atoms with Gasteiger partial charge in [0.2, 0.25) is 5.91 Å². The zero-order valence-corrected chi connectivity index (χ0v) is 13.1. The number of rotatable bonds is 6. The Kier molecular flexibility index (Phi) is 5.59. The topological polar surface area (TPSA) is 71.3 Å². The molecule has 0 aromatic heterocycles. The summed E-state index contributed by atoms with van der Waals surface area (Å²) in [6.07, 6.45) is 0.329. The number of anilines is 1. The number of nitrogens with zero attached hydrogens (tertiary/aromatic N) is 1. The Balaban J connectivity index is 2.04. The molecule has 0 aliphatic rings. The molecular weight excluding hydrogens is 292 g/mol. The molecule has 0 saturated carbocycles. The van der Waals surface area contributed by atoms with Crippen LogP contribution < -0.4 is 14.8 Å². The lowest BCUT2D eigenvalue weighted by Gasteiger charge is -2.11. The number of benzene rings is 2. The highest BCUT2D eigenvalue weighted by Crippen LogP contribution is 2.19. The van der Waals surface area contributed by atoms with Crippen LogP contribution in [0, 0.1) is 17.2 Å². The van der Waals surface area contributed by atoms with Gasteiger partial charge in [-0.25, -0.2) is 0 Å². The van der Waals surface area contributed by atoms with Crippen molar-refractivity contribution in [2.45, 2.75) is 6.42 Å². The maximum atomic E-state index is 12.3. The Bertz CT molecular complexity index is 705. The average Bonchev–Trinajstić information content (AvgIpc) is 2.60. The Hall–Kier alpha value is -3.00. The molecule has 0 saturated heterocycles. The molecule has 0 fully saturated rings. The number of hydrogen-bond acceptors (Lipinski definition) is 4. The maximum absolute atomic E-state index is 12.3. The number of carbonyl (C=O) groups excluding carboxylic acids is 1. The normalized spacial score (nSPS) is 11.2. The summed E-state index contributed by atoms with van der Waals surface area (Å²) in [4.78, 5) is 12.3. The molecule has 1 N–H and O–H groups in total. The Morgan fingerprint density at radius 3 is 2.43 bits per heavy atom.